The zero-order valence-electron chi connectivity index (χ0n) is 21.7. The zero-order chi connectivity index (χ0) is 25.9. The molecule has 1 aromatic carbocycles. The van der Waals surface area contributed by atoms with Gasteiger partial charge in [0.15, 0.2) is 0 Å². The van der Waals surface area contributed by atoms with E-state index in [4.69, 9.17) is 11.6 Å². The maximum absolute atomic E-state index is 14.3. The molecule has 1 fully saturated rings. The number of anilines is 1. The summed E-state index contributed by atoms with van der Waals surface area (Å²) in [5, 5.41) is 3.27. The minimum Gasteiger partial charge on any atom is -0.371 e. The second-order valence-electron chi connectivity index (χ2n) is 9.95. The van der Waals surface area contributed by atoms with Crippen LogP contribution in [-0.4, -0.2) is 49.0 Å². The van der Waals surface area contributed by atoms with Gasteiger partial charge in [-0.2, -0.15) is 0 Å². The Morgan fingerprint density at radius 2 is 1.80 bits per heavy atom. The van der Waals surface area contributed by atoms with Crippen molar-refractivity contribution < 1.29 is 9.18 Å². The molecule has 2 N–H and O–H groups in total. The number of halogens is 2. The van der Waals surface area contributed by atoms with E-state index in [1.54, 1.807) is 13.0 Å². The number of benzene rings is 1. The van der Waals surface area contributed by atoms with Gasteiger partial charge in [0.05, 0.1) is 5.69 Å². The molecule has 0 saturated heterocycles. The summed E-state index contributed by atoms with van der Waals surface area (Å²) in [7, 11) is 4.30. The lowest BCUT2D eigenvalue weighted by Gasteiger charge is -2.36. The highest BCUT2D eigenvalue weighted by Crippen LogP contribution is 2.32. The topological polar surface area (TPSA) is 68.4 Å². The summed E-state index contributed by atoms with van der Waals surface area (Å²) in [5.41, 5.74) is 2.51. The van der Waals surface area contributed by atoms with Crippen LogP contribution < -0.4 is 15.8 Å². The Bertz CT molecular complexity index is 1120. The first-order valence-electron chi connectivity index (χ1n) is 12.4. The molecule has 0 radical (unpaired) electrons. The van der Waals surface area contributed by atoms with Gasteiger partial charge in [0.2, 0.25) is 0 Å². The van der Waals surface area contributed by atoms with Crippen LogP contribution in [0.4, 0.5) is 10.1 Å². The van der Waals surface area contributed by atoms with Crippen LogP contribution in [0.25, 0.3) is 0 Å². The van der Waals surface area contributed by atoms with Crippen LogP contribution in [0, 0.1) is 32.5 Å². The van der Waals surface area contributed by atoms with Gasteiger partial charge in [0, 0.05) is 47.5 Å². The molecule has 192 valence electrons. The van der Waals surface area contributed by atoms with E-state index in [9.17, 15) is 14.0 Å². The summed E-state index contributed by atoms with van der Waals surface area (Å²) in [6.45, 7) is 8.78. The monoisotopic (exact) mass is 504 g/mol. The standard InChI is InChI=1S/C27H38ClFN4O2/c1-7-33(15-19-8-10-21(11-9-19)32(5)6)24-13-20(28)12-22(16(24)2)26(34)30-14-23-17(3)25(29)18(4)31-27(23)35/h12-13,19,21H,7-11,14-15H2,1-6H3,(H,30,34)(H,31,35). The van der Waals surface area contributed by atoms with Gasteiger partial charge in [0.25, 0.3) is 11.5 Å². The Labute approximate surface area is 212 Å². The molecular weight excluding hydrogens is 467 g/mol. The Balaban J connectivity index is 1.77. The van der Waals surface area contributed by atoms with E-state index in [2.05, 4.69) is 41.1 Å². The van der Waals surface area contributed by atoms with Crippen molar-refractivity contribution >= 4 is 23.2 Å². The van der Waals surface area contributed by atoms with Crippen LogP contribution in [0.15, 0.2) is 16.9 Å². The molecule has 0 atom stereocenters. The number of rotatable bonds is 8. The molecule has 1 aliphatic carbocycles. The van der Waals surface area contributed by atoms with Crippen molar-refractivity contribution in [1.82, 2.24) is 15.2 Å². The van der Waals surface area contributed by atoms with Crippen molar-refractivity contribution in [1.29, 1.82) is 0 Å². The number of hydrogen-bond donors (Lipinski definition) is 2. The second kappa shape index (κ2) is 11.6. The molecular formula is C27H38ClFN4O2. The van der Waals surface area contributed by atoms with Gasteiger partial charge >= 0.3 is 0 Å². The van der Waals surface area contributed by atoms with Gasteiger partial charge in [0.1, 0.15) is 5.82 Å². The summed E-state index contributed by atoms with van der Waals surface area (Å²) < 4.78 is 14.3. The van der Waals surface area contributed by atoms with Crippen molar-refractivity contribution in [3.05, 3.63) is 61.3 Å². The fraction of sp³-hybridized carbons (Fsp3) is 0.556. The Hall–Kier alpha value is -2.38. The van der Waals surface area contributed by atoms with Gasteiger partial charge in [-0.05, 0) is 96.7 Å². The normalized spacial score (nSPS) is 18.1. The Morgan fingerprint density at radius 1 is 1.14 bits per heavy atom. The van der Waals surface area contributed by atoms with E-state index in [1.807, 2.05) is 13.0 Å². The Morgan fingerprint density at radius 3 is 2.40 bits per heavy atom. The lowest BCUT2D eigenvalue weighted by atomic mass is 9.85. The van der Waals surface area contributed by atoms with E-state index in [0.717, 1.165) is 24.3 Å². The molecule has 2 aromatic rings. The van der Waals surface area contributed by atoms with Crippen molar-refractivity contribution in [2.24, 2.45) is 5.92 Å². The number of aromatic nitrogens is 1. The molecule has 0 bridgehead atoms. The van der Waals surface area contributed by atoms with E-state index in [1.165, 1.54) is 32.6 Å². The highest BCUT2D eigenvalue weighted by molar-refractivity contribution is 6.31. The molecule has 1 amide bonds. The van der Waals surface area contributed by atoms with Crippen LogP contribution >= 0.6 is 11.6 Å². The highest BCUT2D eigenvalue weighted by Gasteiger charge is 2.25. The lowest BCUT2D eigenvalue weighted by Crippen LogP contribution is -2.37. The Kier molecular flexibility index (Phi) is 9.00. The van der Waals surface area contributed by atoms with Crippen molar-refractivity contribution in [3.63, 3.8) is 0 Å². The smallest absolute Gasteiger partial charge is 0.253 e. The first-order chi connectivity index (χ1) is 16.5. The first-order valence-corrected chi connectivity index (χ1v) is 12.8. The number of nitrogens with one attached hydrogen (secondary N) is 2. The molecule has 1 aliphatic rings. The zero-order valence-corrected chi connectivity index (χ0v) is 22.5. The predicted molar refractivity (Wildman–Crippen MR) is 141 cm³/mol. The average Bonchev–Trinajstić information content (AvgIpc) is 2.82. The van der Waals surface area contributed by atoms with E-state index in [-0.39, 0.29) is 29.3 Å². The second-order valence-corrected chi connectivity index (χ2v) is 10.4. The third-order valence-corrected chi connectivity index (χ3v) is 7.67. The fourth-order valence-electron chi connectivity index (χ4n) is 5.14. The number of amides is 1. The van der Waals surface area contributed by atoms with Crippen molar-refractivity contribution in [3.8, 4) is 0 Å². The molecule has 1 heterocycles. The SMILES string of the molecule is CCN(CC1CCC(N(C)C)CC1)c1cc(Cl)cc(C(=O)NCc2c(C)c(F)c(C)[nH]c2=O)c1C. The molecule has 1 aromatic heterocycles. The van der Waals surface area contributed by atoms with E-state index in [0.29, 0.717) is 22.5 Å². The van der Waals surface area contributed by atoms with E-state index < -0.39 is 11.4 Å². The van der Waals surface area contributed by atoms with E-state index >= 15 is 0 Å². The third-order valence-electron chi connectivity index (χ3n) is 7.45. The number of carbonyl (C=O) groups excluding carboxylic acids is 1. The number of pyridine rings is 1. The van der Waals surface area contributed by atoms with Crippen molar-refractivity contribution in [2.45, 2.75) is 66.0 Å². The lowest BCUT2D eigenvalue weighted by molar-refractivity contribution is 0.0950. The maximum atomic E-state index is 14.3. The molecule has 8 heteroatoms. The highest BCUT2D eigenvalue weighted by atomic mass is 35.5. The summed E-state index contributed by atoms with van der Waals surface area (Å²) >= 11 is 6.45. The van der Waals surface area contributed by atoms with Gasteiger partial charge in [-0.1, -0.05) is 11.6 Å². The van der Waals surface area contributed by atoms with Crippen LogP contribution in [0.3, 0.4) is 0 Å². The summed E-state index contributed by atoms with van der Waals surface area (Å²) in [6.07, 6.45) is 4.78. The quantitative estimate of drug-likeness (QED) is 0.532. The minimum atomic E-state index is -0.465. The number of aryl methyl sites for hydroxylation is 1. The number of nitrogens with zero attached hydrogens (tertiary/aromatic N) is 2. The molecule has 0 spiro atoms. The number of hydrogen-bond acceptors (Lipinski definition) is 4. The minimum absolute atomic E-state index is 0.0644. The molecule has 0 aliphatic heterocycles. The third kappa shape index (κ3) is 6.25. The van der Waals surface area contributed by atoms with Gasteiger partial charge in [-0.15, -0.1) is 0 Å². The largest absolute Gasteiger partial charge is 0.371 e. The number of H-pyrrole nitrogens is 1. The average molecular weight is 505 g/mol. The molecule has 1 saturated carbocycles. The summed E-state index contributed by atoms with van der Waals surface area (Å²) in [5.74, 6) is -0.199. The number of aromatic amines is 1. The molecule has 3 rings (SSSR count). The number of carbonyl (C=O) groups is 1. The molecule has 0 unspecified atom stereocenters. The molecule has 35 heavy (non-hydrogen) atoms. The maximum Gasteiger partial charge on any atom is 0.253 e. The van der Waals surface area contributed by atoms with Crippen LogP contribution in [0.2, 0.25) is 5.02 Å². The first kappa shape index (κ1) is 27.2. The van der Waals surface area contributed by atoms with Gasteiger partial charge in [-0.3, -0.25) is 9.59 Å². The van der Waals surface area contributed by atoms with Gasteiger partial charge in [-0.25, -0.2) is 4.39 Å². The molecule has 6 nitrogen and oxygen atoms in total. The predicted octanol–water partition coefficient (Wildman–Crippen LogP) is 4.97. The van der Waals surface area contributed by atoms with Gasteiger partial charge < -0.3 is 20.1 Å². The van der Waals surface area contributed by atoms with Crippen LogP contribution in [0.1, 0.15) is 65.3 Å². The van der Waals surface area contributed by atoms with Crippen LogP contribution in [-0.2, 0) is 6.54 Å². The summed E-state index contributed by atoms with van der Waals surface area (Å²) in [6, 6.07) is 4.23. The fourth-order valence-corrected chi connectivity index (χ4v) is 5.36. The van der Waals surface area contributed by atoms with Crippen LogP contribution in [0.5, 0.6) is 0 Å². The summed E-state index contributed by atoms with van der Waals surface area (Å²) in [4.78, 5) is 32.6. The van der Waals surface area contributed by atoms with Crippen molar-refractivity contribution in [2.75, 3.05) is 32.1 Å².